The van der Waals surface area contributed by atoms with E-state index in [1.54, 1.807) is 49.6 Å². The molecule has 1 amide bonds. The number of pyridine rings is 1. The van der Waals surface area contributed by atoms with E-state index in [1.807, 2.05) is 12.1 Å². The standard InChI is InChI=1S/C22H20N2O5/c1-15(25)17-5-3-6-18(13-17)23-21(26)20-7-4-12-24(22(20)27)29-14-16-8-10-19(28-2)11-9-16/h3-13H,14H2,1-2H3,(H,23,26). The fourth-order valence-electron chi connectivity index (χ4n) is 2.63. The molecule has 0 atom stereocenters. The number of aromatic nitrogens is 1. The number of nitrogens with zero attached hydrogens (tertiary/aromatic N) is 1. The van der Waals surface area contributed by atoms with E-state index in [-0.39, 0.29) is 18.0 Å². The van der Waals surface area contributed by atoms with Crippen LogP contribution in [0.15, 0.2) is 71.7 Å². The molecule has 1 aromatic heterocycles. The van der Waals surface area contributed by atoms with Crippen LogP contribution in [0.1, 0.15) is 33.2 Å². The molecule has 7 heteroatoms. The maximum atomic E-state index is 12.6. The van der Waals surface area contributed by atoms with Crippen molar-refractivity contribution >= 4 is 17.4 Å². The van der Waals surface area contributed by atoms with Crippen molar-refractivity contribution in [2.75, 3.05) is 12.4 Å². The zero-order chi connectivity index (χ0) is 20.8. The summed E-state index contributed by atoms with van der Waals surface area (Å²) in [5.74, 6) is 0.0200. The predicted octanol–water partition coefficient (Wildman–Crippen LogP) is 2.94. The Hall–Kier alpha value is -3.87. The summed E-state index contributed by atoms with van der Waals surface area (Å²) in [6.07, 6.45) is 1.44. The first-order chi connectivity index (χ1) is 14.0. The first-order valence-corrected chi connectivity index (χ1v) is 8.88. The molecule has 0 saturated carbocycles. The molecule has 0 bridgehead atoms. The molecule has 0 fully saturated rings. The van der Waals surface area contributed by atoms with E-state index in [4.69, 9.17) is 9.57 Å². The SMILES string of the molecule is COc1ccc(COn2cccc(C(=O)Nc3cccc(C(C)=O)c3)c2=O)cc1. The van der Waals surface area contributed by atoms with Gasteiger partial charge in [0, 0.05) is 17.4 Å². The van der Waals surface area contributed by atoms with Gasteiger partial charge in [-0.15, -0.1) is 0 Å². The molecule has 29 heavy (non-hydrogen) atoms. The molecule has 148 valence electrons. The molecule has 2 aromatic carbocycles. The molecule has 1 heterocycles. The monoisotopic (exact) mass is 392 g/mol. The summed E-state index contributed by atoms with van der Waals surface area (Å²) in [4.78, 5) is 42.1. The number of benzene rings is 2. The maximum absolute atomic E-state index is 12.6. The number of rotatable bonds is 7. The Morgan fingerprint density at radius 3 is 2.48 bits per heavy atom. The number of ketones is 1. The minimum atomic E-state index is -0.585. The summed E-state index contributed by atoms with van der Waals surface area (Å²) in [5.41, 5.74) is 1.08. The normalized spacial score (nSPS) is 10.3. The maximum Gasteiger partial charge on any atom is 0.295 e. The molecule has 0 spiro atoms. The van der Waals surface area contributed by atoms with Crippen LogP contribution in [0.3, 0.4) is 0 Å². The molecule has 0 aliphatic carbocycles. The Labute approximate surface area is 167 Å². The summed E-state index contributed by atoms with van der Waals surface area (Å²) >= 11 is 0. The van der Waals surface area contributed by atoms with Crippen LogP contribution in [0.5, 0.6) is 5.75 Å². The Morgan fingerprint density at radius 2 is 1.79 bits per heavy atom. The van der Waals surface area contributed by atoms with Crippen molar-refractivity contribution in [2.45, 2.75) is 13.5 Å². The van der Waals surface area contributed by atoms with Crippen LogP contribution in [-0.2, 0) is 6.61 Å². The van der Waals surface area contributed by atoms with Gasteiger partial charge in [-0.05, 0) is 48.9 Å². The third kappa shape index (κ3) is 4.90. The Balaban J connectivity index is 1.73. The highest BCUT2D eigenvalue weighted by atomic mass is 16.7. The van der Waals surface area contributed by atoms with Gasteiger partial charge in [0.15, 0.2) is 5.78 Å². The average molecular weight is 392 g/mol. The summed E-state index contributed by atoms with van der Waals surface area (Å²) < 4.78 is 6.12. The molecule has 0 aliphatic rings. The molecule has 3 rings (SSSR count). The Morgan fingerprint density at radius 1 is 1.03 bits per heavy atom. The lowest BCUT2D eigenvalue weighted by Crippen LogP contribution is -2.32. The lowest BCUT2D eigenvalue weighted by Gasteiger charge is -2.11. The van der Waals surface area contributed by atoms with Gasteiger partial charge < -0.3 is 14.9 Å². The summed E-state index contributed by atoms with van der Waals surface area (Å²) in [7, 11) is 1.58. The number of anilines is 1. The molecule has 0 radical (unpaired) electrons. The fourth-order valence-corrected chi connectivity index (χ4v) is 2.63. The minimum Gasteiger partial charge on any atom is -0.497 e. The van der Waals surface area contributed by atoms with Crippen molar-refractivity contribution in [3.05, 3.63) is 93.9 Å². The highest BCUT2D eigenvalue weighted by molar-refractivity contribution is 6.04. The van der Waals surface area contributed by atoms with E-state index in [0.717, 1.165) is 16.0 Å². The van der Waals surface area contributed by atoms with E-state index < -0.39 is 11.5 Å². The second-order valence-corrected chi connectivity index (χ2v) is 6.27. The number of hydrogen-bond acceptors (Lipinski definition) is 5. The quantitative estimate of drug-likeness (QED) is 0.625. The first-order valence-electron chi connectivity index (χ1n) is 8.88. The van der Waals surface area contributed by atoms with E-state index in [2.05, 4.69) is 5.32 Å². The van der Waals surface area contributed by atoms with E-state index in [9.17, 15) is 14.4 Å². The van der Waals surface area contributed by atoms with Gasteiger partial charge in [0.1, 0.15) is 17.9 Å². The number of amides is 1. The van der Waals surface area contributed by atoms with Crippen molar-refractivity contribution < 1.29 is 19.2 Å². The highest BCUT2D eigenvalue weighted by Gasteiger charge is 2.14. The first kappa shape index (κ1) is 19.9. The van der Waals surface area contributed by atoms with Crippen molar-refractivity contribution in [2.24, 2.45) is 0 Å². The van der Waals surface area contributed by atoms with Gasteiger partial charge in [-0.2, -0.15) is 4.73 Å². The highest BCUT2D eigenvalue weighted by Crippen LogP contribution is 2.13. The minimum absolute atomic E-state index is 0.0736. The van der Waals surface area contributed by atoms with Crippen LogP contribution < -0.4 is 20.5 Å². The second-order valence-electron chi connectivity index (χ2n) is 6.27. The lowest BCUT2D eigenvalue weighted by molar-refractivity contribution is 0.0863. The third-order valence-electron chi connectivity index (χ3n) is 4.22. The molecule has 0 saturated heterocycles. The summed E-state index contributed by atoms with van der Waals surface area (Å²) in [6, 6.07) is 16.7. The van der Waals surface area contributed by atoms with Gasteiger partial charge in [-0.3, -0.25) is 14.4 Å². The number of ether oxygens (including phenoxy) is 1. The molecular formula is C22H20N2O5. The topological polar surface area (TPSA) is 86.6 Å². The Bertz CT molecular complexity index is 1090. The molecule has 3 aromatic rings. The summed E-state index contributed by atoms with van der Waals surface area (Å²) in [6.45, 7) is 1.59. The molecule has 7 nitrogen and oxygen atoms in total. The Kier molecular flexibility index (Phi) is 6.09. The van der Waals surface area contributed by atoms with Crippen molar-refractivity contribution in [3.63, 3.8) is 0 Å². The number of Topliss-reactive ketones (excluding diaryl/α,β-unsaturated/α-hetero) is 1. The number of carbonyl (C=O) groups is 2. The van der Waals surface area contributed by atoms with Crippen LogP contribution >= 0.6 is 0 Å². The molecule has 0 aliphatic heterocycles. The van der Waals surface area contributed by atoms with Crippen LogP contribution in [-0.4, -0.2) is 23.5 Å². The number of hydrogen-bond donors (Lipinski definition) is 1. The van der Waals surface area contributed by atoms with Gasteiger partial charge >= 0.3 is 0 Å². The van der Waals surface area contributed by atoms with Crippen molar-refractivity contribution in [1.82, 2.24) is 4.73 Å². The van der Waals surface area contributed by atoms with Gasteiger partial charge in [-0.25, -0.2) is 0 Å². The zero-order valence-electron chi connectivity index (χ0n) is 16.0. The molecular weight excluding hydrogens is 372 g/mol. The number of carbonyl (C=O) groups excluding carboxylic acids is 2. The van der Waals surface area contributed by atoms with Crippen LogP contribution in [0, 0.1) is 0 Å². The third-order valence-corrected chi connectivity index (χ3v) is 4.22. The number of nitrogens with one attached hydrogen (secondary N) is 1. The van der Waals surface area contributed by atoms with Crippen LogP contribution in [0.25, 0.3) is 0 Å². The fraction of sp³-hybridized carbons (Fsp3) is 0.136. The van der Waals surface area contributed by atoms with Gasteiger partial charge in [0.05, 0.1) is 7.11 Å². The average Bonchev–Trinajstić information content (AvgIpc) is 2.73. The van der Waals surface area contributed by atoms with Crippen LogP contribution in [0.2, 0.25) is 0 Å². The van der Waals surface area contributed by atoms with Crippen molar-refractivity contribution in [3.8, 4) is 5.75 Å². The van der Waals surface area contributed by atoms with Gasteiger partial charge in [-0.1, -0.05) is 24.3 Å². The van der Waals surface area contributed by atoms with E-state index >= 15 is 0 Å². The van der Waals surface area contributed by atoms with E-state index in [1.165, 1.54) is 19.2 Å². The summed E-state index contributed by atoms with van der Waals surface area (Å²) in [5, 5.41) is 2.63. The predicted molar refractivity (Wildman–Crippen MR) is 108 cm³/mol. The second kappa shape index (κ2) is 8.88. The molecule has 1 N–H and O–H groups in total. The largest absolute Gasteiger partial charge is 0.497 e. The lowest BCUT2D eigenvalue weighted by atomic mass is 10.1. The smallest absolute Gasteiger partial charge is 0.295 e. The van der Waals surface area contributed by atoms with Gasteiger partial charge in [0.25, 0.3) is 11.5 Å². The van der Waals surface area contributed by atoms with Crippen LogP contribution in [0.4, 0.5) is 5.69 Å². The zero-order valence-corrected chi connectivity index (χ0v) is 16.0. The number of methoxy groups -OCH3 is 1. The van der Waals surface area contributed by atoms with Crippen molar-refractivity contribution in [1.29, 1.82) is 0 Å². The van der Waals surface area contributed by atoms with E-state index in [0.29, 0.717) is 11.3 Å². The molecule has 0 unspecified atom stereocenters. The van der Waals surface area contributed by atoms with Gasteiger partial charge in [0.2, 0.25) is 0 Å².